The van der Waals surface area contributed by atoms with Crippen molar-refractivity contribution in [3.63, 3.8) is 0 Å². The van der Waals surface area contributed by atoms with E-state index in [-0.39, 0.29) is 6.10 Å². The minimum absolute atomic E-state index is 0.0142. The van der Waals surface area contributed by atoms with Crippen molar-refractivity contribution in [3.05, 3.63) is 53.1 Å². The highest BCUT2D eigenvalue weighted by Gasteiger charge is 2.26. The Morgan fingerprint density at radius 3 is 2.92 bits per heavy atom. The minimum Gasteiger partial charge on any atom is -0.490 e. The van der Waals surface area contributed by atoms with Crippen LogP contribution in [-0.4, -0.2) is 59.7 Å². The number of ether oxygens (including phenoxy) is 2. The molecule has 188 valence electrons. The van der Waals surface area contributed by atoms with E-state index in [9.17, 15) is 5.26 Å². The Bertz CT molecular complexity index is 1230. The second kappa shape index (κ2) is 11.4. The van der Waals surface area contributed by atoms with Gasteiger partial charge in [0.25, 0.3) is 5.89 Å². The van der Waals surface area contributed by atoms with Crippen molar-refractivity contribution in [1.29, 1.82) is 5.26 Å². The molecule has 5 rings (SSSR count). The van der Waals surface area contributed by atoms with Gasteiger partial charge in [-0.15, -0.1) is 0 Å². The zero-order chi connectivity index (χ0) is 24.9. The smallest absolute Gasteiger partial charge is 0.258 e. The largest absolute Gasteiger partial charge is 0.490 e. The van der Waals surface area contributed by atoms with Crippen LogP contribution in [0.5, 0.6) is 5.75 Å². The lowest BCUT2D eigenvalue weighted by Crippen LogP contribution is -2.37. The molecule has 0 amide bonds. The molecule has 36 heavy (non-hydrogen) atoms. The fraction of sp³-hybridized carbons (Fsp3) is 0.444. The number of benzene rings is 2. The van der Waals surface area contributed by atoms with Crippen LogP contribution in [0.2, 0.25) is 0 Å². The van der Waals surface area contributed by atoms with E-state index in [0.29, 0.717) is 34.6 Å². The number of hydrogen-bond donors (Lipinski definition) is 1. The third-order valence-electron chi connectivity index (χ3n) is 6.49. The maximum absolute atomic E-state index is 9.55. The van der Waals surface area contributed by atoms with E-state index in [0.717, 1.165) is 57.0 Å². The predicted molar refractivity (Wildman–Crippen MR) is 140 cm³/mol. The Morgan fingerprint density at radius 1 is 1.25 bits per heavy atom. The van der Waals surface area contributed by atoms with E-state index in [4.69, 9.17) is 14.0 Å². The Labute approximate surface area is 216 Å². The van der Waals surface area contributed by atoms with E-state index >= 15 is 0 Å². The van der Waals surface area contributed by atoms with Gasteiger partial charge in [-0.2, -0.15) is 10.2 Å². The molecule has 0 bridgehead atoms. The van der Waals surface area contributed by atoms with Crippen LogP contribution in [0.15, 0.2) is 40.9 Å². The summed E-state index contributed by atoms with van der Waals surface area (Å²) in [5.41, 5.74) is 4.73. The van der Waals surface area contributed by atoms with Crippen molar-refractivity contribution in [2.24, 2.45) is 0 Å². The molecule has 1 atom stereocenters. The Kier molecular flexibility index (Phi) is 7.87. The molecule has 0 unspecified atom stereocenters. The van der Waals surface area contributed by atoms with Gasteiger partial charge in [0.15, 0.2) is 0 Å². The maximum Gasteiger partial charge on any atom is 0.258 e. The summed E-state index contributed by atoms with van der Waals surface area (Å²) in [6.07, 6.45) is 2.00. The molecule has 1 N–H and O–H groups in total. The number of rotatable bonds is 9. The van der Waals surface area contributed by atoms with Crippen LogP contribution in [0, 0.1) is 11.3 Å². The Morgan fingerprint density at radius 2 is 2.11 bits per heavy atom. The van der Waals surface area contributed by atoms with Crippen LogP contribution in [0.3, 0.4) is 0 Å². The first kappa shape index (κ1) is 24.8. The van der Waals surface area contributed by atoms with E-state index in [1.165, 1.54) is 11.1 Å². The van der Waals surface area contributed by atoms with Gasteiger partial charge >= 0.3 is 0 Å². The standard InChI is InChI=1S/C27H31N5O3S/c1-18(2)34-25-9-6-19(16-20(25)17-28)27-29-26(30-35-27)23-5-3-4-22-21(23)7-8-24(22)31-36-15-12-32-10-13-33-14-11-32/h3-6,9,16,18,24,31H,7-8,10-15H2,1-2H3/t24-/m0/s1. The summed E-state index contributed by atoms with van der Waals surface area (Å²) in [6.45, 7) is 8.67. The van der Waals surface area contributed by atoms with Gasteiger partial charge in [0, 0.05) is 42.6 Å². The molecule has 2 aromatic carbocycles. The maximum atomic E-state index is 9.55. The van der Waals surface area contributed by atoms with Crippen molar-refractivity contribution in [1.82, 2.24) is 19.8 Å². The van der Waals surface area contributed by atoms with Gasteiger partial charge in [-0.1, -0.05) is 35.3 Å². The molecular weight excluding hydrogens is 474 g/mol. The zero-order valence-corrected chi connectivity index (χ0v) is 21.5. The molecule has 2 heterocycles. The Balaban J connectivity index is 1.27. The van der Waals surface area contributed by atoms with Crippen LogP contribution in [-0.2, 0) is 11.2 Å². The molecule has 1 fully saturated rings. The highest BCUT2D eigenvalue weighted by molar-refractivity contribution is 7.97. The van der Waals surface area contributed by atoms with Crippen LogP contribution >= 0.6 is 11.9 Å². The number of nitrogens with one attached hydrogen (secondary N) is 1. The van der Waals surface area contributed by atoms with Crippen LogP contribution in [0.25, 0.3) is 22.8 Å². The lowest BCUT2D eigenvalue weighted by atomic mass is 10.0. The van der Waals surface area contributed by atoms with Crippen molar-refractivity contribution in [2.45, 2.75) is 38.8 Å². The summed E-state index contributed by atoms with van der Waals surface area (Å²) < 4.78 is 20.4. The van der Waals surface area contributed by atoms with Crippen LogP contribution in [0.4, 0.5) is 0 Å². The summed E-state index contributed by atoms with van der Waals surface area (Å²) in [5.74, 6) is 2.56. The van der Waals surface area contributed by atoms with Crippen molar-refractivity contribution in [3.8, 4) is 34.7 Å². The molecule has 8 nitrogen and oxygen atoms in total. The van der Waals surface area contributed by atoms with Gasteiger partial charge in [0.2, 0.25) is 5.82 Å². The minimum atomic E-state index is -0.0142. The molecule has 0 radical (unpaired) electrons. The van der Waals surface area contributed by atoms with Gasteiger partial charge in [0.1, 0.15) is 11.8 Å². The summed E-state index contributed by atoms with van der Waals surface area (Å²) in [7, 11) is 0. The molecule has 1 saturated heterocycles. The van der Waals surface area contributed by atoms with E-state index in [1.54, 1.807) is 24.1 Å². The molecule has 0 saturated carbocycles. The van der Waals surface area contributed by atoms with Gasteiger partial charge in [0.05, 0.1) is 24.9 Å². The van der Waals surface area contributed by atoms with Gasteiger partial charge < -0.3 is 14.0 Å². The Hall–Kier alpha value is -2.90. The van der Waals surface area contributed by atoms with E-state index in [1.807, 2.05) is 19.9 Å². The SMILES string of the molecule is CC(C)Oc1ccc(-c2nc(-c3cccc4c3CC[C@@H]4NSCCN3CCOCC3)no2)cc1C#N. The molecule has 3 aromatic rings. The van der Waals surface area contributed by atoms with E-state index in [2.05, 4.69) is 44.0 Å². The predicted octanol–water partition coefficient (Wildman–Crippen LogP) is 4.62. The normalized spacial score (nSPS) is 17.8. The molecule has 1 aliphatic heterocycles. The first-order valence-corrected chi connectivity index (χ1v) is 13.5. The molecule has 1 aromatic heterocycles. The molecule has 9 heteroatoms. The summed E-state index contributed by atoms with van der Waals surface area (Å²) in [6, 6.07) is 14.2. The average molecular weight is 506 g/mol. The van der Waals surface area contributed by atoms with Gasteiger partial charge in [-0.05, 0) is 56.0 Å². The second-order valence-electron chi connectivity index (χ2n) is 9.30. The number of nitriles is 1. The topological polar surface area (TPSA) is 96.4 Å². The summed E-state index contributed by atoms with van der Waals surface area (Å²) in [5, 5.41) is 13.8. The van der Waals surface area contributed by atoms with Crippen molar-refractivity contribution < 1.29 is 14.0 Å². The van der Waals surface area contributed by atoms with E-state index < -0.39 is 0 Å². The van der Waals surface area contributed by atoms with Crippen molar-refractivity contribution in [2.75, 3.05) is 38.6 Å². The van der Waals surface area contributed by atoms with Gasteiger partial charge in [-0.25, -0.2) is 0 Å². The first-order chi connectivity index (χ1) is 17.6. The van der Waals surface area contributed by atoms with Crippen LogP contribution < -0.4 is 9.46 Å². The summed E-state index contributed by atoms with van der Waals surface area (Å²) in [4.78, 5) is 7.13. The number of fused-ring (bicyclic) bond motifs is 1. The zero-order valence-electron chi connectivity index (χ0n) is 20.7. The molecule has 2 aliphatic rings. The van der Waals surface area contributed by atoms with Crippen molar-refractivity contribution >= 4 is 11.9 Å². The first-order valence-electron chi connectivity index (χ1n) is 12.5. The fourth-order valence-electron chi connectivity index (χ4n) is 4.70. The number of aromatic nitrogens is 2. The molecule has 0 spiro atoms. The number of hydrogen-bond acceptors (Lipinski definition) is 9. The lowest BCUT2D eigenvalue weighted by molar-refractivity contribution is 0.0410. The molecule has 1 aliphatic carbocycles. The lowest BCUT2D eigenvalue weighted by Gasteiger charge is -2.26. The average Bonchev–Trinajstić information content (AvgIpc) is 3.55. The summed E-state index contributed by atoms with van der Waals surface area (Å²) >= 11 is 1.80. The van der Waals surface area contributed by atoms with Crippen LogP contribution in [0.1, 0.15) is 43.0 Å². The quantitative estimate of drug-likeness (QED) is 0.330. The third-order valence-corrected chi connectivity index (χ3v) is 7.32. The molecular formula is C27H31N5O3S. The highest BCUT2D eigenvalue weighted by Crippen LogP contribution is 2.38. The number of morpholine rings is 1. The number of nitrogens with zero attached hydrogens (tertiary/aromatic N) is 4. The fourth-order valence-corrected chi connectivity index (χ4v) is 5.62. The highest BCUT2D eigenvalue weighted by atomic mass is 32.2. The monoisotopic (exact) mass is 505 g/mol. The third kappa shape index (κ3) is 5.57. The second-order valence-corrected chi connectivity index (χ2v) is 10.2. The van der Waals surface area contributed by atoms with Gasteiger partial charge in [-0.3, -0.25) is 9.62 Å².